The zero-order valence-electron chi connectivity index (χ0n) is 15.9. The van der Waals surface area contributed by atoms with Gasteiger partial charge < -0.3 is 5.32 Å². The summed E-state index contributed by atoms with van der Waals surface area (Å²) in [6.45, 7) is 4.68. The molecule has 152 valence electrons. The molecular formula is C19H21ClF3N3O2. The van der Waals surface area contributed by atoms with Crippen molar-refractivity contribution in [2.45, 2.75) is 45.8 Å². The molecule has 1 amide bonds. The minimum Gasteiger partial charge on any atom is -0.350 e. The normalized spacial score (nSPS) is 12.7. The lowest BCUT2D eigenvalue weighted by Gasteiger charge is -2.16. The van der Waals surface area contributed by atoms with Gasteiger partial charge in [-0.3, -0.25) is 14.3 Å². The van der Waals surface area contributed by atoms with Crippen molar-refractivity contribution in [3.8, 4) is 0 Å². The topological polar surface area (TPSA) is 64.0 Å². The van der Waals surface area contributed by atoms with Gasteiger partial charge in [0.1, 0.15) is 11.3 Å². The summed E-state index contributed by atoms with van der Waals surface area (Å²) in [7, 11) is 1.31. The Balaban J connectivity index is 2.34. The molecule has 0 saturated carbocycles. The SMILES string of the molecule is CCC(=O)NC(C)c1cc(CC(=O)c2c(C(F)(F)F)c(C)nn2C)ccc1Cl. The highest BCUT2D eigenvalue weighted by Crippen LogP contribution is 2.35. The van der Waals surface area contributed by atoms with Gasteiger partial charge in [-0.05, 0) is 31.0 Å². The number of ketones is 1. The number of aryl methyl sites for hydroxylation is 2. The van der Waals surface area contributed by atoms with Crippen LogP contribution in [0.3, 0.4) is 0 Å². The number of benzene rings is 1. The molecule has 2 rings (SSSR count). The molecule has 1 aromatic carbocycles. The smallest absolute Gasteiger partial charge is 0.350 e. The highest BCUT2D eigenvalue weighted by atomic mass is 35.5. The number of hydrogen-bond acceptors (Lipinski definition) is 3. The fourth-order valence-corrected chi connectivity index (χ4v) is 3.32. The van der Waals surface area contributed by atoms with E-state index >= 15 is 0 Å². The van der Waals surface area contributed by atoms with Crippen LogP contribution in [-0.2, 0) is 24.4 Å². The van der Waals surface area contributed by atoms with Crippen LogP contribution in [0.25, 0.3) is 0 Å². The minimum absolute atomic E-state index is 0.162. The van der Waals surface area contributed by atoms with Crippen LogP contribution in [0.4, 0.5) is 13.2 Å². The van der Waals surface area contributed by atoms with Gasteiger partial charge in [-0.1, -0.05) is 30.7 Å². The van der Waals surface area contributed by atoms with Crippen LogP contribution >= 0.6 is 11.6 Å². The Hall–Kier alpha value is -2.35. The predicted octanol–water partition coefficient (Wildman–Crippen LogP) is 4.41. The Bertz CT molecular complexity index is 907. The first-order valence-corrected chi connectivity index (χ1v) is 9.05. The number of aromatic nitrogens is 2. The summed E-state index contributed by atoms with van der Waals surface area (Å²) < 4.78 is 41.0. The number of Topliss-reactive ketones (excluding diaryl/α,β-unsaturated/α-hetero) is 1. The number of alkyl halides is 3. The molecule has 0 bridgehead atoms. The zero-order valence-corrected chi connectivity index (χ0v) is 16.7. The van der Waals surface area contributed by atoms with Gasteiger partial charge in [-0.15, -0.1) is 0 Å². The average molecular weight is 416 g/mol. The van der Waals surface area contributed by atoms with Crippen molar-refractivity contribution in [3.63, 3.8) is 0 Å². The molecule has 0 aliphatic carbocycles. The number of nitrogens with one attached hydrogen (secondary N) is 1. The molecule has 2 aromatic rings. The Morgan fingerprint density at radius 3 is 2.54 bits per heavy atom. The van der Waals surface area contributed by atoms with E-state index in [1.54, 1.807) is 32.0 Å². The fraction of sp³-hybridized carbons (Fsp3) is 0.421. The van der Waals surface area contributed by atoms with Gasteiger partial charge in [0.15, 0.2) is 5.78 Å². The van der Waals surface area contributed by atoms with E-state index in [4.69, 9.17) is 11.6 Å². The van der Waals surface area contributed by atoms with Crippen molar-refractivity contribution >= 4 is 23.3 Å². The van der Waals surface area contributed by atoms with E-state index in [1.165, 1.54) is 14.0 Å². The molecule has 1 unspecified atom stereocenters. The zero-order chi connectivity index (χ0) is 21.2. The number of rotatable bonds is 6. The van der Waals surface area contributed by atoms with Crippen molar-refractivity contribution < 1.29 is 22.8 Å². The monoisotopic (exact) mass is 415 g/mol. The van der Waals surface area contributed by atoms with E-state index in [2.05, 4.69) is 10.4 Å². The molecule has 5 nitrogen and oxygen atoms in total. The van der Waals surface area contributed by atoms with Gasteiger partial charge in [0.05, 0.1) is 11.7 Å². The van der Waals surface area contributed by atoms with Crippen LogP contribution in [-0.4, -0.2) is 21.5 Å². The van der Waals surface area contributed by atoms with Crippen LogP contribution in [0.15, 0.2) is 18.2 Å². The van der Waals surface area contributed by atoms with Crippen LogP contribution in [0.1, 0.15) is 59.2 Å². The van der Waals surface area contributed by atoms with E-state index < -0.39 is 29.3 Å². The Morgan fingerprint density at radius 2 is 1.96 bits per heavy atom. The van der Waals surface area contributed by atoms with Crippen molar-refractivity contribution in [1.82, 2.24) is 15.1 Å². The van der Waals surface area contributed by atoms with Crippen LogP contribution < -0.4 is 5.32 Å². The van der Waals surface area contributed by atoms with E-state index in [0.29, 0.717) is 22.6 Å². The lowest BCUT2D eigenvalue weighted by molar-refractivity contribution is -0.138. The molecule has 1 heterocycles. The summed E-state index contributed by atoms with van der Waals surface area (Å²) in [6, 6.07) is 4.36. The maximum absolute atomic E-state index is 13.3. The third kappa shape index (κ3) is 4.73. The maximum Gasteiger partial charge on any atom is 0.420 e. The highest BCUT2D eigenvalue weighted by molar-refractivity contribution is 6.31. The lowest BCUT2D eigenvalue weighted by atomic mass is 9.99. The molecule has 1 atom stereocenters. The molecule has 0 spiro atoms. The molecule has 0 aliphatic heterocycles. The van der Waals surface area contributed by atoms with E-state index in [1.807, 2.05) is 0 Å². The van der Waals surface area contributed by atoms with Gasteiger partial charge in [0, 0.05) is 24.9 Å². The van der Waals surface area contributed by atoms with Gasteiger partial charge in [-0.25, -0.2) is 0 Å². The number of carbonyl (C=O) groups excluding carboxylic acids is 2. The van der Waals surface area contributed by atoms with Crippen LogP contribution in [0, 0.1) is 6.92 Å². The standard InChI is InChI=1S/C19H21ClF3N3O2/c1-5-16(28)24-10(2)13-8-12(6-7-14(13)20)9-15(27)18-17(19(21,22)23)11(3)25-26(18)4/h6-8,10H,5,9H2,1-4H3,(H,24,28). The summed E-state index contributed by atoms with van der Waals surface area (Å²) in [4.78, 5) is 24.2. The molecule has 0 radical (unpaired) electrons. The van der Waals surface area contributed by atoms with Crippen molar-refractivity contribution in [2.75, 3.05) is 0 Å². The summed E-state index contributed by atoms with van der Waals surface area (Å²) in [6.07, 6.45) is -4.62. The number of amides is 1. The number of hydrogen-bond donors (Lipinski definition) is 1. The van der Waals surface area contributed by atoms with Crippen LogP contribution in [0.2, 0.25) is 5.02 Å². The van der Waals surface area contributed by atoms with E-state index in [-0.39, 0.29) is 18.0 Å². The van der Waals surface area contributed by atoms with Crippen molar-refractivity contribution in [3.05, 3.63) is 51.3 Å². The quantitative estimate of drug-likeness (QED) is 0.710. The first kappa shape index (κ1) is 21.9. The molecule has 0 aliphatic rings. The van der Waals surface area contributed by atoms with Gasteiger partial charge in [0.25, 0.3) is 0 Å². The summed E-state index contributed by atoms with van der Waals surface area (Å²) in [5, 5.41) is 6.91. The number of carbonyl (C=O) groups is 2. The number of halogens is 4. The van der Waals surface area contributed by atoms with E-state index in [9.17, 15) is 22.8 Å². The molecule has 9 heteroatoms. The maximum atomic E-state index is 13.3. The Morgan fingerprint density at radius 1 is 1.32 bits per heavy atom. The van der Waals surface area contributed by atoms with Crippen molar-refractivity contribution in [1.29, 1.82) is 0 Å². The summed E-state index contributed by atoms with van der Waals surface area (Å²) in [5.41, 5.74) is -0.655. The summed E-state index contributed by atoms with van der Waals surface area (Å²) in [5.74, 6) is -0.862. The van der Waals surface area contributed by atoms with Gasteiger partial charge in [-0.2, -0.15) is 18.3 Å². The Labute approximate surface area is 165 Å². The van der Waals surface area contributed by atoms with E-state index in [0.717, 1.165) is 4.68 Å². The van der Waals surface area contributed by atoms with Gasteiger partial charge in [0.2, 0.25) is 5.91 Å². The highest BCUT2D eigenvalue weighted by Gasteiger charge is 2.40. The number of nitrogens with zero attached hydrogens (tertiary/aromatic N) is 2. The second-order valence-corrected chi connectivity index (χ2v) is 6.94. The lowest BCUT2D eigenvalue weighted by Crippen LogP contribution is -2.26. The summed E-state index contributed by atoms with van der Waals surface area (Å²) >= 11 is 6.19. The first-order valence-electron chi connectivity index (χ1n) is 8.67. The third-order valence-corrected chi connectivity index (χ3v) is 4.70. The fourth-order valence-electron chi connectivity index (χ4n) is 3.04. The average Bonchev–Trinajstić information content (AvgIpc) is 2.90. The molecule has 28 heavy (non-hydrogen) atoms. The first-order chi connectivity index (χ1) is 13.0. The third-order valence-electron chi connectivity index (χ3n) is 4.36. The van der Waals surface area contributed by atoms with Gasteiger partial charge >= 0.3 is 6.18 Å². The second-order valence-electron chi connectivity index (χ2n) is 6.53. The molecule has 1 aromatic heterocycles. The predicted molar refractivity (Wildman–Crippen MR) is 99.3 cm³/mol. The Kier molecular flexibility index (Phi) is 6.54. The largest absolute Gasteiger partial charge is 0.420 e. The molecule has 0 saturated heterocycles. The molecular weight excluding hydrogens is 395 g/mol. The molecule has 0 fully saturated rings. The minimum atomic E-state index is -4.67. The van der Waals surface area contributed by atoms with Crippen LogP contribution in [0.5, 0.6) is 0 Å². The molecule has 1 N–H and O–H groups in total. The second kappa shape index (κ2) is 8.34. The van der Waals surface area contributed by atoms with Crippen molar-refractivity contribution in [2.24, 2.45) is 7.05 Å².